The number of carboxylic acids is 2. The number of rotatable bonds is 2. The SMILES string of the molecule is Cc1cc2c(C(=O)O)cccc2cc1C(=O)O. The highest BCUT2D eigenvalue weighted by molar-refractivity contribution is 6.06. The summed E-state index contributed by atoms with van der Waals surface area (Å²) in [5.74, 6) is -2.02. The van der Waals surface area contributed by atoms with Gasteiger partial charge in [0.05, 0.1) is 11.1 Å². The Morgan fingerprint density at radius 3 is 2.24 bits per heavy atom. The molecule has 0 amide bonds. The second-order valence-electron chi connectivity index (χ2n) is 3.80. The molecular formula is C13H10O4. The van der Waals surface area contributed by atoms with Gasteiger partial charge in [0.1, 0.15) is 0 Å². The molecular weight excluding hydrogens is 220 g/mol. The van der Waals surface area contributed by atoms with Crippen LogP contribution in [0.3, 0.4) is 0 Å². The Kier molecular flexibility index (Phi) is 2.55. The third kappa shape index (κ3) is 1.85. The lowest BCUT2D eigenvalue weighted by Gasteiger charge is -2.06. The van der Waals surface area contributed by atoms with E-state index in [1.165, 1.54) is 12.1 Å². The first kappa shape index (κ1) is 11.1. The predicted molar refractivity (Wildman–Crippen MR) is 62.6 cm³/mol. The Balaban J connectivity index is 2.82. The van der Waals surface area contributed by atoms with E-state index in [1.807, 2.05) is 0 Å². The van der Waals surface area contributed by atoms with E-state index in [4.69, 9.17) is 10.2 Å². The van der Waals surface area contributed by atoms with Gasteiger partial charge in [0.2, 0.25) is 0 Å². The zero-order chi connectivity index (χ0) is 12.6. The van der Waals surface area contributed by atoms with Crippen molar-refractivity contribution in [3.8, 4) is 0 Å². The molecule has 2 aromatic carbocycles. The topological polar surface area (TPSA) is 74.6 Å². The summed E-state index contributed by atoms with van der Waals surface area (Å²) < 4.78 is 0. The molecule has 4 nitrogen and oxygen atoms in total. The molecule has 0 saturated heterocycles. The summed E-state index contributed by atoms with van der Waals surface area (Å²) in [5.41, 5.74) is 0.932. The highest BCUT2D eigenvalue weighted by Gasteiger charge is 2.12. The Hall–Kier alpha value is -2.36. The van der Waals surface area contributed by atoms with Gasteiger partial charge in [-0.15, -0.1) is 0 Å². The van der Waals surface area contributed by atoms with Crippen molar-refractivity contribution in [1.82, 2.24) is 0 Å². The summed E-state index contributed by atoms with van der Waals surface area (Å²) in [6.07, 6.45) is 0. The molecule has 0 bridgehead atoms. The Morgan fingerprint density at radius 1 is 1.00 bits per heavy atom. The average molecular weight is 230 g/mol. The van der Waals surface area contributed by atoms with Gasteiger partial charge < -0.3 is 10.2 Å². The quantitative estimate of drug-likeness (QED) is 0.831. The molecule has 0 radical (unpaired) electrons. The minimum absolute atomic E-state index is 0.183. The summed E-state index contributed by atoms with van der Waals surface area (Å²) in [7, 11) is 0. The van der Waals surface area contributed by atoms with Gasteiger partial charge in [-0.05, 0) is 41.5 Å². The van der Waals surface area contributed by atoms with Gasteiger partial charge in [-0.25, -0.2) is 9.59 Å². The van der Waals surface area contributed by atoms with Crippen LogP contribution in [0.15, 0.2) is 30.3 Å². The Labute approximate surface area is 97.1 Å². The molecule has 2 aromatic rings. The fraction of sp³-hybridized carbons (Fsp3) is 0.0769. The zero-order valence-electron chi connectivity index (χ0n) is 9.10. The maximum absolute atomic E-state index is 11.0. The second kappa shape index (κ2) is 3.90. The highest BCUT2D eigenvalue weighted by Crippen LogP contribution is 2.23. The molecule has 0 heterocycles. The van der Waals surface area contributed by atoms with Crippen LogP contribution < -0.4 is 0 Å². The van der Waals surface area contributed by atoms with Gasteiger partial charge in [0.15, 0.2) is 0 Å². The molecule has 0 aliphatic rings. The molecule has 4 heteroatoms. The van der Waals surface area contributed by atoms with E-state index >= 15 is 0 Å². The normalized spacial score (nSPS) is 10.4. The summed E-state index contributed by atoms with van der Waals surface area (Å²) in [5, 5.41) is 19.2. The maximum Gasteiger partial charge on any atom is 0.336 e. The van der Waals surface area contributed by atoms with Crippen LogP contribution in [0.4, 0.5) is 0 Å². The van der Waals surface area contributed by atoms with E-state index in [1.54, 1.807) is 25.1 Å². The third-order valence-electron chi connectivity index (χ3n) is 2.69. The van der Waals surface area contributed by atoms with Crippen LogP contribution in [0.2, 0.25) is 0 Å². The van der Waals surface area contributed by atoms with Crippen LogP contribution in [0.1, 0.15) is 26.3 Å². The average Bonchev–Trinajstić information content (AvgIpc) is 2.26. The zero-order valence-corrected chi connectivity index (χ0v) is 9.10. The minimum atomic E-state index is -1.02. The van der Waals surface area contributed by atoms with Gasteiger partial charge in [0, 0.05) is 0 Å². The third-order valence-corrected chi connectivity index (χ3v) is 2.69. The molecule has 17 heavy (non-hydrogen) atoms. The lowest BCUT2D eigenvalue weighted by atomic mass is 9.98. The molecule has 2 N–H and O–H groups in total. The van der Waals surface area contributed by atoms with Crippen molar-refractivity contribution in [1.29, 1.82) is 0 Å². The molecule has 0 aliphatic heterocycles. The molecule has 0 atom stereocenters. The molecule has 0 aliphatic carbocycles. The van der Waals surface area contributed by atoms with E-state index in [9.17, 15) is 9.59 Å². The van der Waals surface area contributed by atoms with Crippen LogP contribution in [-0.4, -0.2) is 22.2 Å². The summed E-state index contributed by atoms with van der Waals surface area (Å²) in [6.45, 7) is 1.65. The maximum atomic E-state index is 11.0. The van der Waals surface area contributed by atoms with Gasteiger partial charge in [-0.1, -0.05) is 12.1 Å². The van der Waals surface area contributed by atoms with Crippen molar-refractivity contribution >= 4 is 22.7 Å². The highest BCUT2D eigenvalue weighted by atomic mass is 16.4. The van der Waals surface area contributed by atoms with Crippen LogP contribution in [0, 0.1) is 6.92 Å². The molecule has 86 valence electrons. The summed E-state index contributed by atoms with van der Waals surface area (Å²) in [4.78, 5) is 22.0. The van der Waals surface area contributed by atoms with Gasteiger partial charge in [0.25, 0.3) is 0 Å². The summed E-state index contributed by atoms with van der Waals surface area (Å²) >= 11 is 0. The van der Waals surface area contributed by atoms with Gasteiger partial charge in [-0.3, -0.25) is 0 Å². The van der Waals surface area contributed by atoms with Gasteiger partial charge in [-0.2, -0.15) is 0 Å². The van der Waals surface area contributed by atoms with E-state index in [-0.39, 0.29) is 11.1 Å². The summed E-state index contributed by atoms with van der Waals surface area (Å²) in [6, 6.07) is 7.91. The fourth-order valence-electron chi connectivity index (χ4n) is 1.85. The molecule has 0 fully saturated rings. The standard InChI is InChI=1S/C13H10O4/c1-7-5-11-8(6-10(7)13(16)17)3-2-4-9(11)12(14)15/h2-6H,1H3,(H,14,15)(H,16,17). The number of aromatic carboxylic acids is 2. The van der Waals surface area contributed by atoms with Crippen LogP contribution in [-0.2, 0) is 0 Å². The number of carbonyl (C=O) groups is 2. The molecule has 0 unspecified atom stereocenters. The van der Waals surface area contributed by atoms with E-state index in [2.05, 4.69) is 0 Å². The Morgan fingerprint density at radius 2 is 1.65 bits per heavy atom. The first-order valence-corrected chi connectivity index (χ1v) is 5.00. The first-order chi connectivity index (χ1) is 8.00. The molecule has 0 saturated carbocycles. The van der Waals surface area contributed by atoms with E-state index in [0.717, 1.165) is 0 Å². The fourth-order valence-corrected chi connectivity index (χ4v) is 1.85. The van der Waals surface area contributed by atoms with Crippen LogP contribution >= 0.6 is 0 Å². The van der Waals surface area contributed by atoms with Crippen molar-refractivity contribution in [2.24, 2.45) is 0 Å². The van der Waals surface area contributed by atoms with E-state index < -0.39 is 11.9 Å². The second-order valence-corrected chi connectivity index (χ2v) is 3.80. The molecule has 0 spiro atoms. The first-order valence-electron chi connectivity index (χ1n) is 5.00. The molecule has 0 aromatic heterocycles. The largest absolute Gasteiger partial charge is 0.478 e. The number of hydrogen-bond acceptors (Lipinski definition) is 2. The lowest BCUT2D eigenvalue weighted by Crippen LogP contribution is -2.02. The predicted octanol–water partition coefficient (Wildman–Crippen LogP) is 2.54. The smallest absolute Gasteiger partial charge is 0.336 e. The number of fused-ring (bicyclic) bond motifs is 1. The Bertz CT molecular complexity index is 629. The van der Waals surface area contributed by atoms with Crippen molar-refractivity contribution in [2.45, 2.75) is 6.92 Å². The van der Waals surface area contributed by atoms with Gasteiger partial charge >= 0.3 is 11.9 Å². The number of aryl methyl sites for hydroxylation is 1. The monoisotopic (exact) mass is 230 g/mol. The van der Waals surface area contributed by atoms with Crippen molar-refractivity contribution < 1.29 is 19.8 Å². The van der Waals surface area contributed by atoms with Crippen molar-refractivity contribution in [3.63, 3.8) is 0 Å². The van der Waals surface area contributed by atoms with Crippen molar-refractivity contribution in [2.75, 3.05) is 0 Å². The minimum Gasteiger partial charge on any atom is -0.478 e. The number of benzene rings is 2. The van der Waals surface area contributed by atoms with Crippen molar-refractivity contribution in [3.05, 3.63) is 47.0 Å². The number of carboxylic acid groups (broad SMARTS) is 2. The van der Waals surface area contributed by atoms with E-state index in [0.29, 0.717) is 16.3 Å². The van der Waals surface area contributed by atoms with Crippen LogP contribution in [0.5, 0.6) is 0 Å². The lowest BCUT2D eigenvalue weighted by molar-refractivity contribution is 0.0687. The van der Waals surface area contributed by atoms with Crippen LogP contribution in [0.25, 0.3) is 10.8 Å². The number of hydrogen-bond donors (Lipinski definition) is 2. The molecule has 2 rings (SSSR count).